The minimum atomic E-state index is -0.365. The normalized spacial score (nSPS) is 10.6. The predicted octanol–water partition coefficient (Wildman–Crippen LogP) is 3.33. The Labute approximate surface area is 121 Å². The summed E-state index contributed by atoms with van der Waals surface area (Å²) < 4.78 is 10.9. The lowest BCUT2D eigenvalue weighted by Gasteiger charge is -2.08. The van der Waals surface area contributed by atoms with Crippen LogP contribution in [0, 0.1) is 6.92 Å². The van der Waals surface area contributed by atoms with Gasteiger partial charge in [-0.25, -0.2) is 4.79 Å². The monoisotopic (exact) mass is 282 g/mol. The Morgan fingerprint density at radius 1 is 1.14 bits per heavy atom. The van der Waals surface area contributed by atoms with Crippen molar-refractivity contribution in [2.75, 3.05) is 12.4 Å². The third-order valence-corrected chi connectivity index (χ3v) is 3.16. The van der Waals surface area contributed by atoms with E-state index in [0.717, 1.165) is 16.6 Å². The predicted molar refractivity (Wildman–Crippen MR) is 81.1 cm³/mol. The second kappa shape index (κ2) is 5.28. The molecular formula is C16H14N2O3. The molecule has 0 aliphatic carbocycles. The van der Waals surface area contributed by atoms with Gasteiger partial charge < -0.3 is 14.5 Å². The van der Waals surface area contributed by atoms with Gasteiger partial charge >= 0.3 is 5.63 Å². The lowest BCUT2D eigenvalue weighted by molar-refractivity contribution is 0.478. The largest absolute Gasteiger partial charge is 0.456 e. The van der Waals surface area contributed by atoms with E-state index in [0.29, 0.717) is 17.1 Å². The van der Waals surface area contributed by atoms with Crippen molar-refractivity contribution >= 4 is 16.7 Å². The summed E-state index contributed by atoms with van der Waals surface area (Å²) in [7, 11) is 1.81. The van der Waals surface area contributed by atoms with Crippen LogP contribution in [0.3, 0.4) is 0 Å². The van der Waals surface area contributed by atoms with E-state index in [4.69, 9.17) is 9.15 Å². The van der Waals surface area contributed by atoms with E-state index >= 15 is 0 Å². The maximum Gasteiger partial charge on any atom is 0.336 e. The van der Waals surface area contributed by atoms with Crippen molar-refractivity contribution in [1.82, 2.24) is 4.98 Å². The zero-order valence-electron chi connectivity index (χ0n) is 11.7. The molecule has 0 aliphatic heterocycles. The summed E-state index contributed by atoms with van der Waals surface area (Å²) in [6.07, 6.45) is 3.33. The second-order valence-corrected chi connectivity index (χ2v) is 4.67. The minimum Gasteiger partial charge on any atom is -0.456 e. The van der Waals surface area contributed by atoms with E-state index < -0.39 is 0 Å². The molecule has 5 heteroatoms. The summed E-state index contributed by atoms with van der Waals surface area (Å²) in [6, 6.07) is 8.72. The Morgan fingerprint density at radius 2 is 2.00 bits per heavy atom. The average Bonchev–Trinajstić information content (AvgIpc) is 2.47. The second-order valence-electron chi connectivity index (χ2n) is 4.67. The highest BCUT2D eigenvalue weighted by molar-refractivity contribution is 5.81. The quantitative estimate of drug-likeness (QED) is 0.746. The van der Waals surface area contributed by atoms with E-state index in [-0.39, 0.29) is 5.63 Å². The van der Waals surface area contributed by atoms with Crippen LogP contribution in [-0.2, 0) is 0 Å². The van der Waals surface area contributed by atoms with Gasteiger partial charge in [0.05, 0.1) is 18.1 Å². The Bertz CT molecular complexity index is 856. The molecule has 0 saturated heterocycles. The van der Waals surface area contributed by atoms with Gasteiger partial charge in [-0.1, -0.05) is 0 Å². The fourth-order valence-corrected chi connectivity index (χ4v) is 2.12. The van der Waals surface area contributed by atoms with Crippen molar-refractivity contribution in [2.24, 2.45) is 0 Å². The fourth-order valence-electron chi connectivity index (χ4n) is 2.12. The number of aryl methyl sites for hydroxylation is 1. The Balaban J connectivity index is 1.99. The molecule has 0 spiro atoms. The van der Waals surface area contributed by atoms with Crippen LogP contribution in [0.5, 0.6) is 11.5 Å². The molecule has 2 heterocycles. The highest BCUT2D eigenvalue weighted by Crippen LogP contribution is 2.27. The summed E-state index contributed by atoms with van der Waals surface area (Å²) in [6.45, 7) is 1.88. The number of hydrogen-bond acceptors (Lipinski definition) is 5. The van der Waals surface area contributed by atoms with Gasteiger partial charge in [0.1, 0.15) is 17.1 Å². The number of aromatic nitrogens is 1. The molecule has 21 heavy (non-hydrogen) atoms. The van der Waals surface area contributed by atoms with Gasteiger partial charge in [-0.15, -0.1) is 0 Å². The van der Waals surface area contributed by atoms with E-state index in [1.807, 2.05) is 32.2 Å². The number of rotatable bonds is 3. The van der Waals surface area contributed by atoms with Crippen LogP contribution in [0.15, 0.2) is 51.9 Å². The van der Waals surface area contributed by atoms with Crippen molar-refractivity contribution in [3.63, 3.8) is 0 Å². The number of pyridine rings is 1. The van der Waals surface area contributed by atoms with Crippen LogP contribution < -0.4 is 15.7 Å². The molecule has 0 aliphatic rings. The molecule has 106 valence electrons. The minimum absolute atomic E-state index is 0.365. The molecule has 0 bridgehead atoms. The highest BCUT2D eigenvalue weighted by atomic mass is 16.5. The number of nitrogens with one attached hydrogen (secondary N) is 1. The number of nitrogens with zero attached hydrogens (tertiary/aromatic N) is 1. The molecular weight excluding hydrogens is 268 g/mol. The van der Waals surface area contributed by atoms with Crippen LogP contribution >= 0.6 is 0 Å². The van der Waals surface area contributed by atoms with E-state index in [1.165, 1.54) is 6.07 Å². The van der Waals surface area contributed by atoms with Crippen molar-refractivity contribution in [2.45, 2.75) is 6.92 Å². The van der Waals surface area contributed by atoms with Gasteiger partial charge in [0.15, 0.2) is 0 Å². The Kier molecular flexibility index (Phi) is 3.31. The molecule has 0 saturated carbocycles. The van der Waals surface area contributed by atoms with Crippen molar-refractivity contribution in [3.05, 3.63) is 58.7 Å². The zero-order chi connectivity index (χ0) is 14.8. The van der Waals surface area contributed by atoms with Crippen LogP contribution in [-0.4, -0.2) is 12.0 Å². The van der Waals surface area contributed by atoms with Gasteiger partial charge in [0.2, 0.25) is 0 Å². The fraction of sp³-hybridized carbons (Fsp3) is 0.125. The van der Waals surface area contributed by atoms with Crippen LogP contribution in [0.2, 0.25) is 0 Å². The molecule has 0 unspecified atom stereocenters. The first-order valence-electron chi connectivity index (χ1n) is 6.51. The first-order valence-corrected chi connectivity index (χ1v) is 6.51. The summed E-state index contributed by atoms with van der Waals surface area (Å²) in [4.78, 5) is 15.5. The number of hydrogen-bond donors (Lipinski definition) is 1. The van der Waals surface area contributed by atoms with Crippen molar-refractivity contribution in [3.8, 4) is 11.5 Å². The topological polar surface area (TPSA) is 64.4 Å². The number of anilines is 1. The van der Waals surface area contributed by atoms with Crippen LogP contribution in [0.4, 0.5) is 5.69 Å². The molecule has 0 radical (unpaired) electrons. The lowest BCUT2D eigenvalue weighted by atomic mass is 10.1. The van der Waals surface area contributed by atoms with E-state index in [9.17, 15) is 4.79 Å². The molecule has 3 aromatic rings. The maximum atomic E-state index is 11.4. The van der Waals surface area contributed by atoms with Gasteiger partial charge in [-0.2, -0.15) is 0 Å². The molecule has 0 atom stereocenters. The molecule has 2 aromatic heterocycles. The van der Waals surface area contributed by atoms with Crippen molar-refractivity contribution in [1.29, 1.82) is 0 Å². The zero-order valence-corrected chi connectivity index (χ0v) is 11.7. The summed E-state index contributed by atoms with van der Waals surface area (Å²) in [5.74, 6) is 1.20. The highest BCUT2D eigenvalue weighted by Gasteiger charge is 2.05. The average molecular weight is 282 g/mol. The smallest absolute Gasteiger partial charge is 0.336 e. The third-order valence-electron chi connectivity index (χ3n) is 3.16. The summed E-state index contributed by atoms with van der Waals surface area (Å²) >= 11 is 0. The molecule has 0 amide bonds. The summed E-state index contributed by atoms with van der Waals surface area (Å²) in [5.41, 5.74) is 1.88. The lowest BCUT2D eigenvalue weighted by Crippen LogP contribution is -1.98. The van der Waals surface area contributed by atoms with E-state index in [2.05, 4.69) is 10.3 Å². The third kappa shape index (κ3) is 2.72. The molecule has 1 aromatic carbocycles. The van der Waals surface area contributed by atoms with Crippen LogP contribution in [0.25, 0.3) is 11.0 Å². The molecule has 1 N–H and O–H groups in total. The van der Waals surface area contributed by atoms with Gasteiger partial charge in [0, 0.05) is 30.6 Å². The molecule has 5 nitrogen and oxygen atoms in total. The standard InChI is InChI=1S/C16H14N2O3/c1-10-5-16(19)21-15-7-12(3-4-14(10)15)20-13-6-11(17-2)8-18-9-13/h3-9,17H,1-2H3. The number of ether oxygens (including phenoxy) is 1. The first kappa shape index (κ1) is 13.2. The van der Waals surface area contributed by atoms with Gasteiger partial charge in [-0.3, -0.25) is 4.98 Å². The van der Waals surface area contributed by atoms with Gasteiger partial charge in [-0.05, 0) is 24.6 Å². The number of benzene rings is 1. The first-order chi connectivity index (χ1) is 10.2. The Hall–Kier alpha value is -2.82. The molecule has 0 fully saturated rings. The van der Waals surface area contributed by atoms with Gasteiger partial charge in [0.25, 0.3) is 0 Å². The number of fused-ring (bicyclic) bond motifs is 1. The summed E-state index contributed by atoms with van der Waals surface area (Å²) in [5, 5.41) is 3.89. The molecule has 3 rings (SSSR count). The van der Waals surface area contributed by atoms with Crippen molar-refractivity contribution < 1.29 is 9.15 Å². The Morgan fingerprint density at radius 3 is 2.81 bits per heavy atom. The maximum absolute atomic E-state index is 11.4. The van der Waals surface area contributed by atoms with E-state index in [1.54, 1.807) is 18.5 Å². The van der Waals surface area contributed by atoms with Crippen LogP contribution in [0.1, 0.15) is 5.56 Å². The SMILES string of the molecule is CNc1cncc(Oc2ccc3c(C)cc(=O)oc3c2)c1.